The lowest BCUT2D eigenvalue weighted by Gasteiger charge is -2.28. The molecule has 0 saturated carbocycles. The lowest BCUT2D eigenvalue weighted by atomic mass is 9.93. The van der Waals surface area contributed by atoms with Gasteiger partial charge in [-0.2, -0.15) is 0 Å². The minimum absolute atomic E-state index is 0.138. The lowest BCUT2D eigenvalue weighted by Crippen LogP contribution is -2.38. The number of rotatable bonds is 10. The van der Waals surface area contributed by atoms with E-state index in [0.717, 1.165) is 36.2 Å². The van der Waals surface area contributed by atoms with Crippen molar-refractivity contribution in [3.05, 3.63) is 70.3 Å². The SMILES string of the molecule is CCCOc1ccc(C(O)=C2C(=O)C(=O)N(CCN(CC)CC)C2c2ccc(C)cc2)c(C)c1. The number of aliphatic hydroxyl groups excluding tert-OH is 1. The van der Waals surface area contributed by atoms with E-state index in [1.807, 2.05) is 51.1 Å². The van der Waals surface area contributed by atoms with Gasteiger partial charge in [0.05, 0.1) is 18.2 Å². The maximum atomic E-state index is 13.2. The topological polar surface area (TPSA) is 70.1 Å². The van der Waals surface area contributed by atoms with Crippen molar-refractivity contribution >= 4 is 17.4 Å². The number of carbonyl (C=O) groups is 2. The molecule has 0 aromatic heterocycles. The molecule has 182 valence electrons. The zero-order valence-corrected chi connectivity index (χ0v) is 20.9. The predicted molar refractivity (Wildman–Crippen MR) is 135 cm³/mol. The third kappa shape index (κ3) is 5.33. The van der Waals surface area contributed by atoms with E-state index in [1.165, 1.54) is 0 Å². The maximum absolute atomic E-state index is 13.2. The Labute approximate surface area is 202 Å². The number of ether oxygens (including phenoxy) is 1. The van der Waals surface area contributed by atoms with E-state index < -0.39 is 17.7 Å². The van der Waals surface area contributed by atoms with Gasteiger partial charge in [-0.15, -0.1) is 0 Å². The van der Waals surface area contributed by atoms with Gasteiger partial charge in [0.15, 0.2) is 0 Å². The second kappa shape index (κ2) is 11.3. The first kappa shape index (κ1) is 25.5. The molecule has 2 aromatic carbocycles. The molecular weight excluding hydrogens is 428 g/mol. The summed E-state index contributed by atoms with van der Waals surface area (Å²) in [7, 11) is 0. The Morgan fingerprint density at radius 1 is 1.03 bits per heavy atom. The number of likely N-dealkylation sites (N-methyl/N-ethyl adjacent to an activating group) is 1. The van der Waals surface area contributed by atoms with Crippen molar-refractivity contribution < 1.29 is 19.4 Å². The van der Waals surface area contributed by atoms with Crippen LogP contribution >= 0.6 is 0 Å². The highest BCUT2D eigenvalue weighted by Gasteiger charge is 2.46. The molecule has 2 aromatic rings. The van der Waals surface area contributed by atoms with Crippen LogP contribution in [0.25, 0.3) is 5.76 Å². The molecule has 0 aliphatic carbocycles. The molecule has 6 nitrogen and oxygen atoms in total. The maximum Gasteiger partial charge on any atom is 0.295 e. The summed E-state index contributed by atoms with van der Waals surface area (Å²) >= 11 is 0. The van der Waals surface area contributed by atoms with E-state index in [9.17, 15) is 14.7 Å². The van der Waals surface area contributed by atoms with E-state index in [1.54, 1.807) is 17.0 Å². The van der Waals surface area contributed by atoms with Gasteiger partial charge >= 0.3 is 0 Å². The molecule has 1 fully saturated rings. The number of hydrogen-bond donors (Lipinski definition) is 1. The second-order valence-electron chi connectivity index (χ2n) is 8.76. The number of benzene rings is 2. The van der Waals surface area contributed by atoms with Crippen LogP contribution in [-0.4, -0.2) is 59.4 Å². The monoisotopic (exact) mass is 464 g/mol. The number of aliphatic hydroxyl groups is 1. The zero-order valence-electron chi connectivity index (χ0n) is 20.9. The second-order valence-corrected chi connectivity index (χ2v) is 8.76. The minimum atomic E-state index is -0.645. The molecule has 3 rings (SSSR count). The van der Waals surface area contributed by atoms with Crippen LogP contribution in [0.15, 0.2) is 48.0 Å². The molecule has 1 N–H and O–H groups in total. The van der Waals surface area contributed by atoms with E-state index in [-0.39, 0.29) is 11.3 Å². The van der Waals surface area contributed by atoms with Gasteiger partial charge in [-0.25, -0.2) is 0 Å². The molecule has 1 saturated heterocycles. The largest absolute Gasteiger partial charge is 0.507 e. The summed E-state index contributed by atoms with van der Waals surface area (Å²) < 4.78 is 5.70. The number of Topliss-reactive ketones (excluding diaryl/α,β-unsaturated/α-hetero) is 1. The molecular formula is C28H36N2O4. The molecule has 1 aliphatic heterocycles. The standard InChI is InChI=1S/C28H36N2O4/c1-6-17-34-22-13-14-23(20(5)18-22)26(31)24-25(21-11-9-19(4)10-12-21)30(28(33)27(24)32)16-15-29(7-2)8-3/h9-14,18,25,31H,6-8,15-17H2,1-5H3. The molecule has 34 heavy (non-hydrogen) atoms. The van der Waals surface area contributed by atoms with Crippen molar-refractivity contribution in [2.45, 2.75) is 47.1 Å². The lowest BCUT2D eigenvalue weighted by molar-refractivity contribution is -0.140. The predicted octanol–water partition coefficient (Wildman–Crippen LogP) is 4.86. The van der Waals surface area contributed by atoms with E-state index in [4.69, 9.17) is 4.74 Å². The number of aryl methyl sites for hydroxylation is 2. The molecule has 1 aliphatic rings. The highest BCUT2D eigenvalue weighted by atomic mass is 16.5. The van der Waals surface area contributed by atoms with Crippen molar-refractivity contribution in [1.29, 1.82) is 0 Å². The smallest absolute Gasteiger partial charge is 0.295 e. The van der Waals surface area contributed by atoms with Crippen LogP contribution in [0.5, 0.6) is 5.75 Å². The fraction of sp³-hybridized carbons (Fsp3) is 0.429. The average Bonchev–Trinajstić information content (AvgIpc) is 3.08. The molecule has 1 heterocycles. The summed E-state index contributed by atoms with van der Waals surface area (Å²) in [5, 5.41) is 11.4. The minimum Gasteiger partial charge on any atom is -0.507 e. The molecule has 1 atom stereocenters. The number of nitrogens with zero attached hydrogens (tertiary/aromatic N) is 2. The van der Waals surface area contributed by atoms with Gasteiger partial charge in [-0.1, -0.05) is 50.6 Å². The molecule has 1 unspecified atom stereocenters. The van der Waals surface area contributed by atoms with Gasteiger partial charge in [-0.3, -0.25) is 9.59 Å². The van der Waals surface area contributed by atoms with Crippen molar-refractivity contribution in [3.8, 4) is 5.75 Å². The van der Waals surface area contributed by atoms with Crippen LogP contribution in [0.3, 0.4) is 0 Å². The number of hydrogen-bond acceptors (Lipinski definition) is 5. The van der Waals surface area contributed by atoms with Gasteiger partial charge < -0.3 is 19.6 Å². The number of carbonyl (C=O) groups excluding carboxylic acids is 2. The number of likely N-dealkylation sites (tertiary alicyclic amines) is 1. The molecule has 1 amide bonds. The number of amides is 1. The fourth-order valence-electron chi connectivity index (χ4n) is 4.35. The van der Waals surface area contributed by atoms with Crippen LogP contribution < -0.4 is 4.74 Å². The van der Waals surface area contributed by atoms with Crippen molar-refractivity contribution in [3.63, 3.8) is 0 Å². The Morgan fingerprint density at radius 3 is 2.29 bits per heavy atom. The molecule has 6 heteroatoms. The van der Waals surface area contributed by atoms with Gasteiger partial charge in [0.2, 0.25) is 0 Å². The van der Waals surface area contributed by atoms with Gasteiger partial charge in [0, 0.05) is 18.7 Å². The third-order valence-electron chi connectivity index (χ3n) is 6.41. The van der Waals surface area contributed by atoms with Gasteiger partial charge in [0.25, 0.3) is 11.7 Å². The van der Waals surface area contributed by atoms with Crippen molar-refractivity contribution in [2.24, 2.45) is 0 Å². The highest BCUT2D eigenvalue weighted by molar-refractivity contribution is 6.46. The number of ketones is 1. The highest BCUT2D eigenvalue weighted by Crippen LogP contribution is 2.40. The fourth-order valence-corrected chi connectivity index (χ4v) is 4.35. The van der Waals surface area contributed by atoms with Crippen LogP contribution in [0, 0.1) is 13.8 Å². The van der Waals surface area contributed by atoms with E-state index in [2.05, 4.69) is 18.7 Å². The Bertz CT molecular complexity index is 1050. The summed E-state index contributed by atoms with van der Waals surface area (Å²) in [5.41, 5.74) is 3.35. The van der Waals surface area contributed by atoms with Crippen LogP contribution in [-0.2, 0) is 9.59 Å². The average molecular weight is 465 g/mol. The van der Waals surface area contributed by atoms with Crippen LogP contribution in [0.2, 0.25) is 0 Å². The Balaban J connectivity index is 2.07. The zero-order chi connectivity index (χ0) is 24.8. The van der Waals surface area contributed by atoms with Crippen LogP contribution in [0.4, 0.5) is 0 Å². The van der Waals surface area contributed by atoms with Crippen LogP contribution in [0.1, 0.15) is 55.5 Å². The summed E-state index contributed by atoms with van der Waals surface area (Å²) in [5.74, 6) is -0.646. The first-order valence-corrected chi connectivity index (χ1v) is 12.1. The first-order chi connectivity index (χ1) is 16.3. The van der Waals surface area contributed by atoms with Gasteiger partial charge in [-0.05, 0) is 62.7 Å². The summed E-state index contributed by atoms with van der Waals surface area (Å²) in [6.45, 7) is 13.4. The van der Waals surface area contributed by atoms with Crippen molar-refractivity contribution in [2.75, 3.05) is 32.8 Å². The molecule has 0 spiro atoms. The molecule has 0 bridgehead atoms. The van der Waals surface area contributed by atoms with E-state index >= 15 is 0 Å². The molecule has 0 radical (unpaired) electrons. The third-order valence-corrected chi connectivity index (χ3v) is 6.41. The quantitative estimate of drug-likeness (QED) is 0.309. The Kier molecular flexibility index (Phi) is 8.51. The summed E-state index contributed by atoms with van der Waals surface area (Å²) in [6.07, 6.45) is 0.897. The normalized spacial score (nSPS) is 17.6. The Morgan fingerprint density at radius 2 is 1.71 bits per heavy atom. The summed E-state index contributed by atoms with van der Waals surface area (Å²) in [6, 6.07) is 12.5. The van der Waals surface area contributed by atoms with E-state index in [0.29, 0.717) is 31.0 Å². The Hall–Kier alpha value is -3.12. The summed E-state index contributed by atoms with van der Waals surface area (Å²) in [4.78, 5) is 30.2. The van der Waals surface area contributed by atoms with Gasteiger partial charge in [0.1, 0.15) is 11.5 Å². The first-order valence-electron chi connectivity index (χ1n) is 12.1. The van der Waals surface area contributed by atoms with Crippen molar-refractivity contribution in [1.82, 2.24) is 9.80 Å².